The van der Waals surface area contributed by atoms with Crippen LogP contribution in [0, 0.1) is 12.7 Å². The van der Waals surface area contributed by atoms with Gasteiger partial charge < -0.3 is 14.0 Å². The van der Waals surface area contributed by atoms with Crippen LogP contribution >= 0.6 is 0 Å². The van der Waals surface area contributed by atoms with Crippen molar-refractivity contribution >= 4 is 26.0 Å². The number of aromatic nitrogens is 1. The first kappa shape index (κ1) is 32.3. The van der Waals surface area contributed by atoms with Gasteiger partial charge in [-0.2, -0.15) is 8.42 Å². The number of benzene rings is 2. The van der Waals surface area contributed by atoms with E-state index in [2.05, 4.69) is 5.32 Å². The van der Waals surface area contributed by atoms with E-state index in [4.69, 9.17) is 13.7 Å². The normalized spacial score (nSPS) is 13.1. The highest BCUT2D eigenvalue weighted by atomic mass is 32.2. The molecule has 13 heteroatoms. The lowest BCUT2D eigenvalue weighted by molar-refractivity contribution is -0.0117. The van der Waals surface area contributed by atoms with E-state index in [-0.39, 0.29) is 17.3 Å². The van der Waals surface area contributed by atoms with Crippen LogP contribution in [-0.4, -0.2) is 65.1 Å². The zero-order chi connectivity index (χ0) is 30.6. The SMILES string of the molecule is Cc1c(CCO[C@H](COS(C)(=O)=O)NC(=O)OC(C)(C)C)cc(-c2ccc(S(C)(=O)=O)cc2)n1-c1ccc(F)cc1. The van der Waals surface area contributed by atoms with Crippen molar-refractivity contribution in [2.45, 2.75) is 50.8 Å². The van der Waals surface area contributed by atoms with Crippen molar-refractivity contribution in [2.24, 2.45) is 0 Å². The highest BCUT2D eigenvalue weighted by molar-refractivity contribution is 7.90. The highest BCUT2D eigenvalue weighted by Crippen LogP contribution is 2.31. The van der Waals surface area contributed by atoms with E-state index in [0.29, 0.717) is 12.1 Å². The standard InChI is InChI=1S/C28H35FN2O8S2/c1-19-21(15-16-37-26(18-38-41(6,35)36)30-27(32)39-28(2,3)4)17-25(31(19)23-11-9-22(29)10-12-23)20-7-13-24(14-8-20)40(5,33)34/h7-14,17,26H,15-16,18H2,1-6H3,(H,30,32)/t26-/m1/s1. The van der Waals surface area contributed by atoms with Crippen LogP contribution in [0.3, 0.4) is 0 Å². The van der Waals surface area contributed by atoms with Crippen LogP contribution in [0.4, 0.5) is 9.18 Å². The Kier molecular flexibility index (Phi) is 10.0. The maximum atomic E-state index is 13.7. The van der Waals surface area contributed by atoms with E-state index in [1.54, 1.807) is 45.0 Å². The second-order valence-electron chi connectivity index (χ2n) is 10.5. The number of ether oxygens (including phenoxy) is 2. The van der Waals surface area contributed by atoms with Gasteiger partial charge >= 0.3 is 6.09 Å². The van der Waals surface area contributed by atoms with E-state index in [0.717, 1.165) is 35.0 Å². The molecule has 1 amide bonds. The molecular weight excluding hydrogens is 575 g/mol. The van der Waals surface area contributed by atoms with Crippen molar-refractivity contribution in [1.82, 2.24) is 9.88 Å². The molecule has 0 unspecified atom stereocenters. The zero-order valence-corrected chi connectivity index (χ0v) is 25.4. The summed E-state index contributed by atoms with van der Waals surface area (Å²) in [5, 5.41) is 2.48. The second-order valence-corrected chi connectivity index (χ2v) is 14.2. The Morgan fingerprint density at radius 1 is 1.00 bits per heavy atom. The maximum absolute atomic E-state index is 13.7. The summed E-state index contributed by atoms with van der Waals surface area (Å²) in [5.74, 6) is -0.383. The molecule has 1 aromatic heterocycles. The van der Waals surface area contributed by atoms with Crippen molar-refractivity contribution in [3.8, 4) is 16.9 Å². The van der Waals surface area contributed by atoms with Gasteiger partial charge in [0.25, 0.3) is 10.1 Å². The van der Waals surface area contributed by atoms with Gasteiger partial charge in [-0.25, -0.2) is 17.6 Å². The van der Waals surface area contributed by atoms with Gasteiger partial charge in [0.05, 0.1) is 23.5 Å². The Morgan fingerprint density at radius 2 is 1.61 bits per heavy atom. The van der Waals surface area contributed by atoms with Gasteiger partial charge in [-0.15, -0.1) is 0 Å². The van der Waals surface area contributed by atoms with Crippen molar-refractivity contribution in [1.29, 1.82) is 0 Å². The average molecular weight is 611 g/mol. The van der Waals surface area contributed by atoms with E-state index >= 15 is 0 Å². The summed E-state index contributed by atoms with van der Waals surface area (Å²) in [7, 11) is -7.17. The van der Waals surface area contributed by atoms with E-state index in [1.165, 1.54) is 24.3 Å². The summed E-state index contributed by atoms with van der Waals surface area (Å²) < 4.78 is 78.4. The Labute approximate surface area is 240 Å². The molecule has 0 aliphatic heterocycles. The zero-order valence-electron chi connectivity index (χ0n) is 23.8. The number of halogens is 1. The number of carbonyl (C=O) groups is 1. The summed E-state index contributed by atoms with van der Waals surface area (Å²) in [6.45, 7) is 6.58. The van der Waals surface area contributed by atoms with Gasteiger partial charge in [-0.3, -0.25) is 9.50 Å². The predicted octanol–water partition coefficient (Wildman–Crippen LogP) is 4.38. The van der Waals surface area contributed by atoms with Gasteiger partial charge in [-0.1, -0.05) is 12.1 Å². The number of carbonyl (C=O) groups excluding carboxylic acids is 1. The summed E-state index contributed by atoms with van der Waals surface area (Å²) in [6.07, 6.45) is 0.487. The smallest absolute Gasteiger partial charge is 0.409 e. The molecule has 224 valence electrons. The van der Waals surface area contributed by atoms with Crippen LogP contribution in [0.2, 0.25) is 0 Å². The molecule has 0 bridgehead atoms. The van der Waals surface area contributed by atoms with E-state index < -0.39 is 44.5 Å². The number of rotatable bonds is 11. The molecule has 0 aliphatic rings. The molecule has 0 aliphatic carbocycles. The molecular formula is C28H35FN2O8S2. The largest absolute Gasteiger partial charge is 0.444 e. The number of alkyl carbamates (subject to hydrolysis) is 1. The number of nitrogens with one attached hydrogen (secondary N) is 1. The van der Waals surface area contributed by atoms with Gasteiger partial charge in [-0.05, 0) is 87.7 Å². The monoisotopic (exact) mass is 610 g/mol. The third kappa shape index (κ3) is 9.66. The fourth-order valence-electron chi connectivity index (χ4n) is 3.99. The Bertz CT molecular complexity index is 1580. The lowest BCUT2D eigenvalue weighted by atomic mass is 10.1. The minimum Gasteiger partial charge on any atom is -0.444 e. The molecule has 0 radical (unpaired) electrons. The first-order valence-electron chi connectivity index (χ1n) is 12.7. The summed E-state index contributed by atoms with van der Waals surface area (Å²) in [5.41, 5.74) is 3.09. The highest BCUT2D eigenvalue weighted by Gasteiger charge is 2.22. The average Bonchev–Trinajstić information content (AvgIpc) is 3.17. The molecule has 1 heterocycles. The number of hydrogen-bond acceptors (Lipinski definition) is 8. The third-order valence-electron chi connectivity index (χ3n) is 5.82. The lowest BCUT2D eigenvalue weighted by Crippen LogP contribution is -2.43. The first-order valence-corrected chi connectivity index (χ1v) is 16.4. The first-order chi connectivity index (χ1) is 18.9. The Morgan fingerprint density at radius 3 is 2.15 bits per heavy atom. The van der Waals surface area contributed by atoms with Crippen LogP contribution in [0.25, 0.3) is 16.9 Å². The summed E-state index contributed by atoms with van der Waals surface area (Å²) in [6, 6.07) is 14.4. The van der Waals surface area contributed by atoms with Gasteiger partial charge in [0.2, 0.25) is 0 Å². The van der Waals surface area contributed by atoms with Crippen LogP contribution in [0.5, 0.6) is 0 Å². The molecule has 0 saturated carbocycles. The Balaban J connectivity index is 1.88. The van der Waals surface area contributed by atoms with E-state index in [9.17, 15) is 26.0 Å². The van der Waals surface area contributed by atoms with Crippen molar-refractivity contribution in [3.05, 3.63) is 71.7 Å². The third-order valence-corrected chi connectivity index (χ3v) is 7.51. The van der Waals surface area contributed by atoms with Gasteiger partial charge in [0.15, 0.2) is 16.1 Å². The predicted molar refractivity (Wildman–Crippen MR) is 153 cm³/mol. The summed E-state index contributed by atoms with van der Waals surface area (Å²) >= 11 is 0. The Hall–Kier alpha value is -3.26. The van der Waals surface area contributed by atoms with Crippen molar-refractivity contribution in [2.75, 3.05) is 25.7 Å². The maximum Gasteiger partial charge on any atom is 0.409 e. The number of nitrogens with zero attached hydrogens (tertiary/aromatic N) is 1. The number of hydrogen-bond donors (Lipinski definition) is 1. The summed E-state index contributed by atoms with van der Waals surface area (Å²) in [4.78, 5) is 12.5. The topological polar surface area (TPSA) is 130 Å². The van der Waals surface area contributed by atoms with E-state index in [1.807, 2.05) is 17.6 Å². The quantitative estimate of drug-likeness (QED) is 0.250. The second kappa shape index (κ2) is 12.7. The van der Waals surface area contributed by atoms with Crippen molar-refractivity contribution < 1.29 is 39.7 Å². The van der Waals surface area contributed by atoms with Crippen molar-refractivity contribution in [3.63, 3.8) is 0 Å². The van der Waals surface area contributed by atoms with Crippen LogP contribution in [0.15, 0.2) is 59.5 Å². The van der Waals surface area contributed by atoms with Gasteiger partial charge in [0.1, 0.15) is 18.0 Å². The molecule has 41 heavy (non-hydrogen) atoms. The molecule has 10 nitrogen and oxygen atoms in total. The molecule has 1 N–H and O–H groups in total. The molecule has 0 spiro atoms. The van der Waals surface area contributed by atoms with Crippen LogP contribution < -0.4 is 5.32 Å². The van der Waals surface area contributed by atoms with Crippen LogP contribution in [-0.2, 0) is 40.0 Å². The molecule has 2 aromatic carbocycles. The van der Waals surface area contributed by atoms with Crippen LogP contribution in [0.1, 0.15) is 32.0 Å². The fourth-order valence-corrected chi connectivity index (χ4v) is 4.99. The molecule has 3 rings (SSSR count). The van der Waals surface area contributed by atoms with Gasteiger partial charge in [0, 0.05) is 17.6 Å². The number of sulfone groups is 1. The lowest BCUT2D eigenvalue weighted by Gasteiger charge is -2.23. The minimum atomic E-state index is -3.79. The molecule has 0 saturated heterocycles. The fraction of sp³-hybridized carbons (Fsp3) is 0.393. The molecule has 0 fully saturated rings. The molecule has 3 aromatic rings. The minimum absolute atomic E-state index is 0.0777. The number of amides is 1. The molecule has 1 atom stereocenters.